The summed E-state index contributed by atoms with van der Waals surface area (Å²) in [5.41, 5.74) is 0.0349. The molecule has 3 N–H and O–H groups in total. The molecular weight excluding hydrogens is 685 g/mol. The monoisotopic (exact) mass is 694 g/mol. The molecule has 0 amide bonds. The number of anilines is 2. The van der Waals surface area contributed by atoms with Gasteiger partial charge < -0.3 is 26.0 Å². The third kappa shape index (κ3) is 9.82. The Morgan fingerprint density at radius 2 is 1.63 bits per heavy atom. The minimum atomic E-state index is -1.34. The molecule has 21 heteroatoms. The summed E-state index contributed by atoms with van der Waals surface area (Å²) in [6.07, 6.45) is -1.34. The van der Waals surface area contributed by atoms with Gasteiger partial charge in [0.2, 0.25) is 5.95 Å². The van der Waals surface area contributed by atoms with E-state index >= 15 is 0 Å². The fourth-order valence-corrected chi connectivity index (χ4v) is 4.06. The van der Waals surface area contributed by atoms with Crippen molar-refractivity contribution in [3.05, 3.63) is 59.5 Å². The first-order valence-corrected chi connectivity index (χ1v) is 11.6. The SMILES string of the molecule is [Cu].[Na+].[Na+].[O-]OOSc1ccc(O)c(N=Nc2c(SOO[O-])cc3cc(Nc4nc(F)nc(F)c4Cl)ccc3c2O)c1. The smallest absolute Gasteiger partial charge is 0.691 e. The van der Waals surface area contributed by atoms with Crippen molar-refractivity contribution in [3.63, 3.8) is 0 Å². The van der Waals surface area contributed by atoms with Gasteiger partial charge >= 0.3 is 65.2 Å². The number of aromatic nitrogens is 2. The van der Waals surface area contributed by atoms with Gasteiger partial charge in [-0.3, -0.25) is 10.1 Å². The maximum Gasteiger partial charge on any atom is 1.00 e. The van der Waals surface area contributed by atoms with Gasteiger partial charge in [-0.25, -0.2) is 0 Å². The molecule has 4 rings (SSSR count). The average Bonchev–Trinajstić information content (AvgIpc) is 2.89. The molecule has 13 nitrogen and oxygen atoms in total. The summed E-state index contributed by atoms with van der Waals surface area (Å²) in [6, 6.07) is 9.78. The molecule has 0 aliphatic heterocycles. The molecule has 1 heterocycles. The Labute approximate surface area is 297 Å². The van der Waals surface area contributed by atoms with Crippen molar-refractivity contribution in [1.82, 2.24) is 9.97 Å². The first kappa shape index (κ1) is 38.2. The number of nitrogens with zero attached hydrogens (tertiary/aromatic N) is 4. The zero-order chi connectivity index (χ0) is 27.2. The molecule has 3 aromatic carbocycles. The van der Waals surface area contributed by atoms with Crippen LogP contribution in [0.3, 0.4) is 0 Å². The Morgan fingerprint density at radius 3 is 2.34 bits per heavy atom. The molecule has 0 bridgehead atoms. The van der Waals surface area contributed by atoms with Crippen LogP contribution < -0.4 is 74.9 Å². The van der Waals surface area contributed by atoms with E-state index < -0.39 is 22.8 Å². The second-order valence-electron chi connectivity index (χ2n) is 6.87. The van der Waals surface area contributed by atoms with Crippen molar-refractivity contribution >= 4 is 69.3 Å². The number of phenols is 2. The third-order valence-corrected chi connectivity index (χ3v) is 6.13. The Balaban J connectivity index is 0.00000280. The number of azo groups is 1. The van der Waals surface area contributed by atoms with Gasteiger partial charge in [0.15, 0.2) is 11.6 Å². The summed E-state index contributed by atoms with van der Waals surface area (Å²) in [6.45, 7) is 0. The van der Waals surface area contributed by atoms with Crippen LogP contribution in [0.25, 0.3) is 10.8 Å². The molecule has 0 spiro atoms. The Morgan fingerprint density at radius 1 is 0.927 bits per heavy atom. The van der Waals surface area contributed by atoms with E-state index in [1.54, 1.807) is 0 Å². The van der Waals surface area contributed by atoms with Gasteiger partial charge in [0, 0.05) is 33.0 Å². The summed E-state index contributed by atoms with van der Waals surface area (Å²) < 4.78 is 35.7. The molecule has 0 unspecified atom stereocenters. The van der Waals surface area contributed by atoms with E-state index in [0.717, 1.165) is 0 Å². The van der Waals surface area contributed by atoms with Crippen molar-refractivity contribution in [1.29, 1.82) is 0 Å². The second kappa shape index (κ2) is 18.1. The summed E-state index contributed by atoms with van der Waals surface area (Å²) in [5.74, 6) is -2.29. The molecule has 0 saturated carbocycles. The Hall–Kier alpha value is -0.871. The van der Waals surface area contributed by atoms with Crippen LogP contribution in [0.2, 0.25) is 5.02 Å². The summed E-state index contributed by atoms with van der Waals surface area (Å²) >= 11 is 6.74. The zero-order valence-electron chi connectivity index (χ0n) is 20.4. The Kier molecular flexibility index (Phi) is 16.8. The topological polar surface area (TPSA) is 186 Å². The quantitative estimate of drug-likeness (QED) is 0.0335. The van der Waals surface area contributed by atoms with Gasteiger partial charge in [-0.1, -0.05) is 11.6 Å². The van der Waals surface area contributed by atoms with Crippen LogP contribution in [-0.2, 0) is 35.8 Å². The maximum absolute atomic E-state index is 13.7. The number of benzene rings is 3. The van der Waals surface area contributed by atoms with Crippen LogP contribution in [0.15, 0.2) is 62.5 Å². The predicted octanol–water partition coefficient (Wildman–Crippen LogP) is -1.40. The van der Waals surface area contributed by atoms with Crippen molar-refractivity contribution < 1.29 is 124 Å². The van der Waals surface area contributed by atoms with Crippen molar-refractivity contribution in [2.75, 3.05) is 5.32 Å². The number of rotatable bonds is 10. The number of aromatic hydroxyl groups is 2. The van der Waals surface area contributed by atoms with Crippen molar-refractivity contribution in [3.8, 4) is 11.5 Å². The van der Waals surface area contributed by atoms with Gasteiger partial charge in [-0.05, 0) is 47.9 Å². The normalized spacial score (nSPS) is 10.7. The van der Waals surface area contributed by atoms with E-state index in [2.05, 4.69) is 44.3 Å². The first-order chi connectivity index (χ1) is 18.3. The molecule has 1 aromatic heterocycles. The number of hydrogen-bond acceptors (Lipinski definition) is 15. The maximum atomic E-state index is 13.7. The second-order valence-corrected chi connectivity index (χ2v) is 8.76. The molecule has 41 heavy (non-hydrogen) atoms. The molecule has 4 aromatic rings. The van der Waals surface area contributed by atoms with E-state index in [4.69, 9.17) is 11.6 Å². The molecule has 0 aliphatic rings. The van der Waals surface area contributed by atoms with Gasteiger partial charge in [-0.2, -0.15) is 27.4 Å². The van der Waals surface area contributed by atoms with Crippen molar-refractivity contribution in [2.24, 2.45) is 10.2 Å². The number of halogens is 3. The molecule has 1 radical (unpaired) electrons. The molecule has 0 atom stereocenters. The summed E-state index contributed by atoms with van der Waals surface area (Å²) in [7, 11) is 0. The fourth-order valence-electron chi connectivity index (χ4n) is 3.05. The minimum absolute atomic E-state index is 0. The summed E-state index contributed by atoms with van der Waals surface area (Å²) in [5, 5.41) is 58.7. The molecule has 209 valence electrons. The largest absolute Gasteiger partial charge is 1.00 e. The average molecular weight is 695 g/mol. The number of phenolic OH excluding ortho intramolecular Hbond substituents is 2. The van der Waals surface area contributed by atoms with E-state index in [1.807, 2.05) is 0 Å². The molecule has 0 fully saturated rings. The van der Waals surface area contributed by atoms with Crippen LogP contribution in [-0.4, -0.2) is 20.2 Å². The number of hydrogen-bond donors (Lipinski definition) is 3. The van der Waals surface area contributed by atoms with Crippen LogP contribution >= 0.6 is 35.7 Å². The number of nitrogens with one attached hydrogen (secondary N) is 1. The number of fused-ring (bicyclic) bond motifs is 1. The van der Waals surface area contributed by atoms with Gasteiger partial charge in [-0.15, -0.1) is 10.2 Å². The predicted molar refractivity (Wildman–Crippen MR) is 124 cm³/mol. The molecular formula is C20H10ClCuF2N5Na2O8S2. The van der Waals surface area contributed by atoms with Crippen molar-refractivity contribution in [2.45, 2.75) is 9.79 Å². The van der Waals surface area contributed by atoms with Crippen LogP contribution in [0.4, 0.5) is 31.7 Å². The van der Waals surface area contributed by atoms with E-state index in [-0.39, 0.29) is 115 Å². The van der Waals surface area contributed by atoms with Gasteiger partial charge in [0.1, 0.15) is 22.1 Å². The standard InChI is InChI=1S/C20H12ClF2N5O8S2.Cu.2Na/c21-15-18(22)25-20(23)26-19(15)24-9-1-3-11-8(5-9)6-14(38-36-34-32)16(17(11)30)28-27-12-7-10(37-35-33-31)2-4-13(12)29;;;/h1-7,29-32H,(H,24,25,26);;;/q;;2*+1/p-2. The van der Waals surface area contributed by atoms with E-state index in [9.17, 15) is 29.5 Å². The fraction of sp³-hybridized carbons (Fsp3) is 0. The molecule has 0 saturated heterocycles. The van der Waals surface area contributed by atoms with Crippen LogP contribution in [0.1, 0.15) is 0 Å². The third-order valence-electron chi connectivity index (χ3n) is 4.61. The Bertz CT molecular complexity index is 1540. The van der Waals surface area contributed by atoms with Gasteiger partial charge in [0.05, 0.1) is 29.0 Å². The van der Waals surface area contributed by atoms with Gasteiger partial charge in [0.25, 0.3) is 0 Å². The van der Waals surface area contributed by atoms with Crippen LogP contribution in [0, 0.1) is 12.0 Å². The van der Waals surface area contributed by atoms with E-state index in [0.29, 0.717) is 34.4 Å². The van der Waals surface area contributed by atoms with Crippen LogP contribution in [0.5, 0.6) is 11.5 Å². The van der Waals surface area contributed by atoms with E-state index in [1.165, 1.54) is 42.5 Å². The zero-order valence-corrected chi connectivity index (χ0v) is 27.8. The molecule has 0 aliphatic carbocycles. The summed E-state index contributed by atoms with van der Waals surface area (Å²) in [4.78, 5) is 6.68. The minimum Gasteiger partial charge on any atom is -0.691 e. The first-order valence-electron chi connectivity index (χ1n) is 9.77.